The smallest absolute Gasteiger partial charge is 0.388 e. The van der Waals surface area contributed by atoms with Crippen LogP contribution in [0.4, 0.5) is 0 Å². The van der Waals surface area contributed by atoms with E-state index in [1.165, 1.54) is 0 Å². The van der Waals surface area contributed by atoms with E-state index in [0.717, 1.165) is 21.1 Å². The first-order chi connectivity index (χ1) is 7.70. The van der Waals surface area contributed by atoms with Crippen LogP contribution in [0.2, 0.25) is 0 Å². The van der Waals surface area contributed by atoms with Crippen molar-refractivity contribution in [2.24, 2.45) is 0 Å². The van der Waals surface area contributed by atoms with Gasteiger partial charge in [0.05, 0.1) is 21.2 Å². The van der Waals surface area contributed by atoms with Gasteiger partial charge in [-0.3, -0.25) is 4.58 Å². The Morgan fingerprint density at radius 2 is 1.81 bits per heavy atom. The minimum absolute atomic E-state index is 0.872. The maximum atomic E-state index is 5.13. The summed E-state index contributed by atoms with van der Waals surface area (Å²) in [6.45, 7) is 0. The lowest BCUT2D eigenvalue weighted by molar-refractivity contribution is 0.415. The Morgan fingerprint density at radius 1 is 1.12 bits per heavy atom. The fourth-order valence-corrected chi connectivity index (χ4v) is 3.49. The minimum atomic E-state index is 0.872. The van der Waals surface area contributed by atoms with Gasteiger partial charge in [0, 0.05) is 15.9 Å². The highest BCUT2D eigenvalue weighted by Crippen LogP contribution is 2.24. The lowest BCUT2D eigenvalue weighted by Gasteiger charge is -1.97. The molecule has 84 valence electrons. The molecule has 1 aromatic carbocycles. The maximum absolute atomic E-state index is 5.13. The van der Waals surface area contributed by atoms with Gasteiger partial charge in [0.25, 0.3) is 0 Å². The summed E-state index contributed by atoms with van der Waals surface area (Å²) in [5.41, 5.74) is 1.13. The third-order valence-electron chi connectivity index (χ3n) is 2.11. The van der Waals surface area contributed by atoms with Crippen LogP contribution in [0.25, 0.3) is 10.6 Å². The molecule has 0 bridgehead atoms. The molecule has 0 N–H and O–H groups in total. The number of hydrogen-bond donors (Lipinski definition) is 0. The van der Waals surface area contributed by atoms with E-state index in [0.29, 0.717) is 0 Å². The van der Waals surface area contributed by atoms with Crippen LogP contribution < -0.4 is 14.1 Å². The van der Waals surface area contributed by atoms with Gasteiger partial charge in [-0.15, -0.1) is 0 Å². The average molecular weight is 253 g/mol. The predicted octanol–water partition coefficient (Wildman–Crippen LogP) is 1.91. The Kier molecular flexibility index (Phi) is 3.36. The monoisotopic (exact) mass is 253 g/mol. The zero-order valence-corrected chi connectivity index (χ0v) is 11.1. The quantitative estimate of drug-likeness (QED) is 0.603. The van der Waals surface area contributed by atoms with Gasteiger partial charge in [0.1, 0.15) is 5.75 Å². The molecule has 0 aliphatic carbocycles. The summed E-state index contributed by atoms with van der Waals surface area (Å²) in [6, 6.07) is 7.97. The summed E-state index contributed by atoms with van der Waals surface area (Å²) in [5, 5.41) is 1.05. The fourth-order valence-electron chi connectivity index (χ4n) is 1.22. The third kappa shape index (κ3) is 2.31. The van der Waals surface area contributed by atoms with E-state index in [4.69, 9.17) is 4.74 Å². The van der Waals surface area contributed by atoms with E-state index in [2.05, 4.69) is 4.98 Å². The molecule has 0 saturated carbocycles. The Morgan fingerprint density at radius 3 is 2.31 bits per heavy atom. The van der Waals surface area contributed by atoms with Crippen LogP contribution in [0.15, 0.2) is 24.3 Å². The number of rotatable bonds is 2. The third-order valence-corrected chi connectivity index (χ3v) is 4.46. The molecule has 5 heteroatoms. The number of nitrogens with zero attached hydrogens (tertiary/aromatic N) is 2. The zero-order valence-electron chi connectivity index (χ0n) is 9.43. The molecule has 0 fully saturated rings. The SMILES string of the molecule is COc1ccc(-c2nc(=[N+](C)C)ss2)cc1. The summed E-state index contributed by atoms with van der Waals surface area (Å²) >= 11 is 0. The van der Waals surface area contributed by atoms with E-state index in [-0.39, 0.29) is 0 Å². The standard InChI is InChI=1S/C11H13N2OS2/c1-13(2)11-12-10(15-16-11)8-4-6-9(14-3)7-5-8/h4-7H,1-3H3/q+1. The first kappa shape index (κ1) is 11.3. The molecule has 1 heterocycles. The maximum Gasteiger partial charge on any atom is 0.388 e. The van der Waals surface area contributed by atoms with Crippen LogP contribution in [0.3, 0.4) is 0 Å². The van der Waals surface area contributed by atoms with E-state index in [1.807, 2.05) is 42.9 Å². The number of ether oxygens (including phenoxy) is 1. The molecule has 0 amide bonds. The molecular weight excluding hydrogens is 240 g/mol. The van der Waals surface area contributed by atoms with E-state index < -0.39 is 0 Å². The molecule has 0 unspecified atom stereocenters. The van der Waals surface area contributed by atoms with Crippen LogP contribution in [0.5, 0.6) is 5.75 Å². The van der Waals surface area contributed by atoms with Gasteiger partial charge in [0.2, 0.25) is 5.01 Å². The first-order valence-corrected chi connectivity index (χ1v) is 6.97. The second-order valence-electron chi connectivity index (χ2n) is 3.49. The molecule has 0 atom stereocenters. The van der Waals surface area contributed by atoms with Crippen molar-refractivity contribution in [1.29, 1.82) is 0 Å². The van der Waals surface area contributed by atoms with Gasteiger partial charge in [-0.25, -0.2) is 0 Å². The van der Waals surface area contributed by atoms with Crippen molar-refractivity contribution < 1.29 is 4.74 Å². The van der Waals surface area contributed by atoms with Crippen molar-refractivity contribution >= 4 is 20.7 Å². The normalized spacial score (nSPS) is 10.2. The highest BCUT2D eigenvalue weighted by atomic mass is 32.9. The molecule has 0 spiro atoms. The second kappa shape index (κ2) is 4.76. The summed E-state index contributed by atoms with van der Waals surface area (Å²) < 4.78 is 7.15. The molecule has 3 nitrogen and oxygen atoms in total. The van der Waals surface area contributed by atoms with Crippen LogP contribution in [-0.2, 0) is 0 Å². The fraction of sp³-hybridized carbons (Fsp3) is 0.273. The lowest BCUT2D eigenvalue weighted by Crippen LogP contribution is -2.20. The Bertz CT molecular complexity index is 536. The van der Waals surface area contributed by atoms with E-state index >= 15 is 0 Å². The number of hydrogen-bond acceptors (Lipinski definition) is 4. The topological polar surface area (TPSA) is 25.1 Å². The van der Waals surface area contributed by atoms with Crippen LogP contribution in [0.1, 0.15) is 0 Å². The van der Waals surface area contributed by atoms with Gasteiger partial charge in [-0.2, -0.15) is 0 Å². The molecule has 2 aromatic rings. The molecular formula is C11H13N2OS2+. The summed E-state index contributed by atoms with van der Waals surface area (Å²) in [7, 11) is 9.06. The Balaban J connectivity index is 2.39. The summed E-state index contributed by atoms with van der Waals surface area (Å²) in [5.74, 6) is 0.872. The molecule has 16 heavy (non-hydrogen) atoms. The van der Waals surface area contributed by atoms with Crippen molar-refractivity contribution in [1.82, 2.24) is 9.56 Å². The number of aromatic nitrogens is 1. The van der Waals surface area contributed by atoms with E-state index in [9.17, 15) is 0 Å². The van der Waals surface area contributed by atoms with Gasteiger partial charge in [0.15, 0.2) is 0 Å². The summed E-state index contributed by atoms with van der Waals surface area (Å²) in [6.07, 6.45) is 0. The predicted molar refractivity (Wildman–Crippen MR) is 69.1 cm³/mol. The highest BCUT2D eigenvalue weighted by Gasteiger charge is 2.10. The van der Waals surface area contributed by atoms with Crippen molar-refractivity contribution in [2.75, 3.05) is 21.2 Å². The van der Waals surface area contributed by atoms with Gasteiger partial charge in [-0.05, 0) is 39.6 Å². The molecule has 1 aromatic heterocycles. The largest absolute Gasteiger partial charge is 0.497 e. The van der Waals surface area contributed by atoms with Crippen molar-refractivity contribution in [3.05, 3.63) is 29.1 Å². The Hall–Kier alpha value is -1.20. The Labute approximate surface area is 102 Å². The van der Waals surface area contributed by atoms with Gasteiger partial charge >= 0.3 is 4.80 Å². The molecule has 0 saturated heterocycles. The van der Waals surface area contributed by atoms with Crippen molar-refractivity contribution in [3.63, 3.8) is 0 Å². The minimum Gasteiger partial charge on any atom is -0.497 e. The highest BCUT2D eigenvalue weighted by molar-refractivity contribution is 7.69. The average Bonchev–Trinajstić information content (AvgIpc) is 2.78. The second-order valence-corrected chi connectivity index (χ2v) is 5.57. The van der Waals surface area contributed by atoms with Gasteiger partial charge < -0.3 is 4.74 Å². The number of methoxy groups -OCH3 is 1. The first-order valence-electron chi connectivity index (χ1n) is 4.82. The van der Waals surface area contributed by atoms with Crippen LogP contribution in [0, 0.1) is 0 Å². The zero-order chi connectivity index (χ0) is 11.5. The summed E-state index contributed by atoms with van der Waals surface area (Å²) in [4.78, 5) is 5.60. The molecule has 0 radical (unpaired) electrons. The van der Waals surface area contributed by atoms with Crippen molar-refractivity contribution in [2.45, 2.75) is 0 Å². The van der Waals surface area contributed by atoms with E-state index in [1.54, 1.807) is 27.8 Å². The van der Waals surface area contributed by atoms with Crippen LogP contribution in [-0.4, -0.2) is 26.2 Å². The van der Waals surface area contributed by atoms with Crippen molar-refractivity contribution in [3.8, 4) is 16.3 Å². The molecule has 0 aliphatic rings. The van der Waals surface area contributed by atoms with Crippen LogP contribution >= 0.6 is 20.7 Å². The molecule has 2 rings (SSSR count). The lowest BCUT2D eigenvalue weighted by atomic mass is 10.2. The number of benzene rings is 1. The molecule has 0 aliphatic heterocycles. The van der Waals surface area contributed by atoms with Gasteiger partial charge in [-0.1, -0.05) is 0 Å².